The largest absolute Gasteiger partial charge is 0.398 e. The summed E-state index contributed by atoms with van der Waals surface area (Å²) in [5, 5.41) is 0.495. The van der Waals surface area contributed by atoms with E-state index in [0.29, 0.717) is 22.3 Å². The molecule has 2 N–H and O–H groups in total. The molecule has 1 fully saturated rings. The molecule has 92 valence electrons. The Hall–Kier alpha value is -1.22. The topological polar surface area (TPSA) is 46.3 Å². The number of hydrogen-bond donors (Lipinski definition) is 1. The number of nitrogens with two attached hydrogens (primary N) is 1. The summed E-state index contributed by atoms with van der Waals surface area (Å²) in [6.07, 6.45) is 3.20. The van der Waals surface area contributed by atoms with Gasteiger partial charge in [-0.2, -0.15) is 0 Å². The lowest BCUT2D eigenvalue weighted by Crippen LogP contribution is -2.35. The predicted molar refractivity (Wildman–Crippen MR) is 70.2 cm³/mol. The Morgan fingerprint density at radius 2 is 2.35 bits per heavy atom. The van der Waals surface area contributed by atoms with Gasteiger partial charge in [-0.3, -0.25) is 4.79 Å². The first-order valence-corrected chi connectivity index (χ1v) is 6.37. The number of rotatable bonds is 2. The number of amides is 1. The molecule has 0 bridgehead atoms. The molecule has 2 rings (SSSR count). The van der Waals surface area contributed by atoms with Crippen molar-refractivity contribution in [3.8, 4) is 0 Å². The van der Waals surface area contributed by atoms with Crippen LogP contribution in [0.4, 0.5) is 5.69 Å². The van der Waals surface area contributed by atoms with Crippen LogP contribution in [0.5, 0.6) is 0 Å². The number of nitrogen functional groups attached to an aromatic ring is 1. The van der Waals surface area contributed by atoms with Gasteiger partial charge >= 0.3 is 0 Å². The van der Waals surface area contributed by atoms with Gasteiger partial charge in [-0.15, -0.1) is 0 Å². The summed E-state index contributed by atoms with van der Waals surface area (Å²) in [4.78, 5) is 14.3. The quantitative estimate of drug-likeness (QED) is 0.823. The van der Waals surface area contributed by atoms with E-state index in [0.717, 1.165) is 25.8 Å². The van der Waals surface area contributed by atoms with E-state index in [1.165, 1.54) is 0 Å². The standard InChI is InChI=1S/C13H17ClN2O/c1-2-10-4-3-7-16(10)13(17)9-5-6-11(14)12(15)8-9/h5-6,8,10H,2-4,7,15H2,1H3. The number of carbonyl (C=O) groups excluding carboxylic acids is 1. The van der Waals surface area contributed by atoms with E-state index in [9.17, 15) is 4.79 Å². The minimum absolute atomic E-state index is 0.0673. The molecule has 0 aromatic heterocycles. The van der Waals surface area contributed by atoms with E-state index in [4.69, 9.17) is 17.3 Å². The van der Waals surface area contributed by atoms with E-state index in [-0.39, 0.29) is 5.91 Å². The number of carbonyl (C=O) groups is 1. The number of hydrogen-bond acceptors (Lipinski definition) is 2. The molecule has 0 spiro atoms. The highest BCUT2D eigenvalue weighted by Gasteiger charge is 2.28. The highest BCUT2D eigenvalue weighted by Crippen LogP contribution is 2.25. The molecule has 1 unspecified atom stereocenters. The predicted octanol–water partition coefficient (Wildman–Crippen LogP) is 2.94. The van der Waals surface area contributed by atoms with Crippen LogP contribution in [0.25, 0.3) is 0 Å². The van der Waals surface area contributed by atoms with Crippen molar-refractivity contribution >= 4 is 23.2 Å². The van der Waals surface area contributed by atoms with Gasteiger partial charge in [0.25, 0.3) is 5.91 Å². The Bertz CT molecular complexity index is 433. The first-order valence-electron chi connectivity index (χ1n) is 5.99. The lowest BCUT2D eigenvalue weighted by Gasteiger charge is -2.23. The van der Waals surface area contributed by atoms with Crippen molar-refractivity contribution < 1.29 is 4.79 Å². The Labute approximate surface area is 107 Å². The van der Waals surface area contributed by atoms with Crippen LogP contribution in [0.15, 0.2) is 18.2 Å². The third kappa shape index (κ3) is 2.39. The van der Waals surface area contributed by atoms with Crippen LogP contribution in [0.1, 0.15) is 36.5 Å². The van der Waals surface area contributed by atoms with Crippen molar-refractivity contribution in [2.75, 3.05) is 12.3 Å². The minimum atomic E-state index is 0.0673. The molecule has 0 aliphatic carbocycles. The maximum atomic E-state index is 12.3. The summed E-state index contributed by atoms with van der Waals surface area (Å²) in [7, 11) is 0. The molecular formula is C13H17ClN2O. The summed E-state index contributed by atoms with van der Waals surface area (Å²) in [6, 6.07) is 5.46. The molecule has 1 heterocycles. The molecule has 4 heteroatoms. The number of halogens is 1. The molecule has 1 aliphatic rings. The van der Waals surface area contributed by atoms with Gasteiger partial charge in [-0.1, -0.05) is 18.5 Å². The van der Waals surface area contributed by atoms with Gasteiger partial charge < -0.3 is 10.6 Å². The Balaban J connectivity index is 2.21. The maximum absolute atomic E-state index is 12.3. The minimum Gasteiger partial charge on any atom is -0.398 e. The van der Waals surface area contributed by atoms with Crippen LogP contribution in [0.2, 0.25) is 5.02 Å². The van der Waals surface area contributed by atoms with Crippen LogP contribution in [0, 0.1) is 0 Å². The van der Waals surface area contributed by atoms with E-state index in [1.807, 2.05) is 4.90 Å². The van der Waals surface area contributed by atoms with Crippen LogP contribution in [0.3, 0.4) is 0 Å². The van der Waals surface area contributed by atoms with Gasteiger partial charge in [0.15, 0.2) is 0 Å². The molecule has 3 nitrogen and oxygen atoms in total. The van der Waals surface area contributed by atoms with Crippen molar-refractivity contribution in [2.45, 2.75) is 32.2 Å². The van der Waals surface area contributed by atoms with E-state index >= 15 is 0 Å². The van der Waals surface area contributed by atoms with E-state index in [2.05, 4.69) is 6.92 Å². The molecule has 1 aromatic rings. The van der Waals surface area contributed by atoms with E-state index in [1.54, 1.807) is 18.2 Å². The van der Waals surface area contributed by atoms with Gasteiger partial charge in [0.2, 0.25) is 0 Å². The highest BCUT2D eigenvalue weighted by molar-refractivity contribution is 6.33. The van der Waals surface area contributed by atoms with Gasteiger partial charge in [0.05, 0.1) is 10.7 Å². The lowest BCUT2D eigenvalue weighted by molar-refractivity contribution is 0.0734. The van der Waals surface area contributed by atoms with Crippen LogP contribution < -0.4 is 5.73 Å². The fourth-order valence-corrected chi connectivity index (χ4v) is 2.49. The zero-order chi connectivity index (χ0) is 12.4. The summed E-state index contributed by atoms with van der Waals surface area (Å²) < 4.78 is 0. The summed E-state index contributed by atoms with van der Waals surface area (Å²) in [5.74, 6) is 0.0673. The molecule has 1 aromatic carbocycles. The molecule has 1 aliphatic heterocycles. The molecule has 0 saturated carbocycles. The van der Waals surface area contributed by atoms with Gasteiger partial charge in [0, 0.05) is 18.2 Å². The van der Waals surface area contributed by atoms with Crippen LogP contribution in [-0.2, 0) is 0 Å². The molecule has 1 amide bonds. The zero-order valence-corrected chi connectivity index (χ0v) is 10.7. The second-order valence-corrected chi connectivity index (χ2v) is 4.85. The summed E-state index contributed by atoms with van der Waals surface area (Å²) in [5.41, 5.74) is 6.82. The van der Waals surface area contributed by atoms with Crippen molar-refractivity contribution in [2.24, 2.45) is 0 Å². The fourth-order valence-electron chi connectivity index (χ4n) is 2.37. The van der Waals surface area contributed by atoms with Crippen molar-refractivity contribution in [1.82, 2.24) is 4.90 Å². The van der Waals surface area contributed by atoms with E-state index < -0.39 is 0 Å². The Kier molecular flexibility index (Phi) is 3.57. The van der Waals surface area contributed by atoms with Gasteiger partial charge in [0.1, 0.15) is 0 Å². The first-order chi connectivity index (χ1) is 8.13. The third-order valence-electron chi connectivity index (χ3n) is 3.35. The monoisotopic (exact) mass is 252 g/mol. The zero-order valence-electron chi connectivity index (χ0n) is 9.95. The molecule has 1 saturated heterocycles. The maximum Gasteiger partial charge on any atom is 0.254 e. The van der Waals surface area contributed by atoms with Crippen molar-refractivity contribution in [3.63, 3.8) is 0 Å². The molecule has 17 heavy (non-hydrogen) atoms. The summed E-state index contributed by atoms with van der Waals surface area (Å²) >= 11 is 5.85. The van der Waals surface area contributed by atoms with Crippen LogP contribution in [-0.4, -0.2) is 23.4 Å². The normalized spacial score (nSPS) is 19.6. The summed E-state index contributed by atoms with van der Waals surface area (Å²) in [6.45, 7) is 2.96. The molecular weight excluding hydrogens is 236 g/mol. The fraction of sp³-hybridized carbons (Fsp3) is 0.462. The highest BCUT2D eigenvalue weighted by atomic mass is 35.5. The molecule has 0 radical (unpaired) electrons. The number of nitrogens with zero attached hydrogens (tertiary/aromatic N) is 1. The Morgan fingerprint density at radius 3 is 3.00 bits per heavy atom. The third-order valence-corrected chi connectivity index (χ3v) is 3.70. The number of likely N-dealkylation sites (tertiary alicyclic amines) is 1. The second-order valence-electron chi connectivity index (χ2n) is 4.44. The lowest BCUT2D eigenvalue weighted by atomic mass is 10.1. The molecule has 1 atom stereocenters. The Morgan fingerprint density at radius 1 is 1.59 bits per heavy atom. The second kappa shape index (κ2) is 4.96. The smallest absolute Gasteiger partial charge is 0.254 e. The van der Waals surface area contributed by atoms with Gasteiger partial charge in [-0.25, -0.2) is 0 Å². The number of anilines is 1. The number of benzene rings is 1. The first kappa shape index (κ1) is 12.2. The SMILES string of the molecule is CCC1CCCN1C(=O)c1ccc(Cl)c(N)c1. The average molecular weight is 253 g/mol. The average Bonchev–Trinajstić information content (AvgIpc) is 2.80. The van der Waals surface area contributed by atoms with Gasteiger partial charge in [-0.05, 0) is 37.5 Å². The van der Waals surface area contributed by atoms with Crippen molar-refractivity contribution in [3.05, 3.63) is 28.8 Å². The van der Waals surface area contributed by atoms with Crippen molar-refractivity contribution in [1.29, 1.82) is 0 Å². The van der Waals surface area contributed by atoms with Crippen LogP contribution >= 0.6 is 11.6 Å².